The van der Waals surface area contributed by atoms with Crippen LogP contribution in [-0.4, -0.2) is 25.8 Å². The van der Waals surface area contributed by atoms with Gasteiger partial charge >= 0.3 is 0 Å². The van der Waals surface area contributed by atoms with E-state index in [2.05, 4.69) is 4.98 Å². The Morgan fingerprint density at radius 2 is 2.31 bits per heavy atom. The SMILES string of the molecule is O=S1(=O)CCCOc2cccnc21. The number of sulfone groups is 1. The normalized spacial score (nSPS) is 19.7. The largest absolute Gasteiger partial charge is 0.491 e. The number of rotatable bonds is 0. The highest BCUT2D eigenvalue weighted by atomic mass is 32.2. The van der Waals surface area contributed by atoms with Gasteiger partial charge in [0.25, 0.3) is 0 Å². The first-order chi connectivity index (χ1) is 6.20. The highest BCUT2D eigenvalue weighted by molar-refractivity contribution is 7.91. The van der Waals surface area contributed by atoms with Gasteiger partial charge in [0.1, 0.15) is 0 Å². The van der Waals surface area contributed by atoms with E-state index in [1.165, 1.54) is 6.20 Å². The van der Waals surface area contributed by atoms with E-state index in [-0.39, 0.29) is 10.8 Å². The van der Waals surface area contributed by atoms with Crippen LogP contribution in [-0.2, 0) is 9.84 Å². The lowest BCUT2D eigenvalue weighted by molar-refractivity contribution is 0.312. The third-order valence-electron chi connectivity index (χ3n) is 1.85. The molecule has 0 amide bonds. The van der Waals surface area contributed by atoms with Gasteiger partial charge in [0, 0.05) is 6.20 Å². The summed E-state index contributed by atoms with van der Waals surface area (Å²) in [5, 5.41) is 0.0764. The van der Waals surface area contributed by atoms with Crippen LogP contribution in [0.2, 0.25) is 0 Å². The molecule has 1 aliphatic heterocycles. The zero-order valence-electron chi connectivity index (χ0n) is 6.93. The van der Waals surface area contributed by atoms with E-state index in [1.54, 1.807) is 12.1 Å². The van der Waals surface area contributed by atoms with Crippen LogP contribution in [0, 0.1) is 0 Å². The van der Waals surface area contributed by atoms with E-state index in [0.29, 0.717) is 18.8 Å². The minimum atomic E-state index is -3.21. The number of aromatic nitrogens is 1. The van der Waals surface area contributed by atoms with E-state index < -0.39 is 9.84 Å². The molecule has 2 rings (SSSR count). The van der Waals surface area contributed by atoms with E-state index >= 15 is 0 Å². The molecule has 0 N–H and O–H groups in total. The van der Waals surface area contributed by atoms with Gasteiger partial charge in [-0.2, -0.15) is 0 Å². The molecular formula is C8H9NO3S. The Morgan fingerprint density at radius 3 is 3.15 bits per heavy atom. The van der Waals surface area contributed by atoms with Gasteiger partial charge in [-0.15, -0.1) is 0 Å². The monoisotopic (exact) mass is 199 g/mol. The van der Waals surface area contributed by atoms with Gasteiger partial charge in [0.2, 0.25) is 0 Å². The molecule has 13 heavy (non-hydrogen) atoms. The van der Waals surface area contributed by atoms with Crippen LogP contribution in [0.5, 0.6) is 5.75 Å². The average molecular weight is 199 g/mol. The number of nitrogens with zero attached hydrogens (tertiary/aromatic N) is 1. The summed E-state index contributed by atoms with van der Waals surface area (Å²) in [7, 11) is -3.21. The van der Waals surface area contributed by atoms with Gasteiger partial charge in [-0.1, -0.05) is 0 Å². The lowest BCUT2D eigenvalue weighted by Crippen LogP contribution is -2.06. The van der Waals surface area contributed by atoms with Gasteiger partial charge in [-0.25, -0.2) is 13.4 Å². The van der Waals surface area contributed by atoms with E-state index in [4.69, 9.17) is 4.74 Å². The Morgan fingerprint density at radius 1 is 1.46 bits per heavy atom. The molecule has 0 unspecified atom stereocenters. The van der Waals surface area contributed by atoms with E-state index in [9.17, 15) is 8.42 Å². The van der Waals surface area contributed by atoms with Crippen LogP contribution in [0.3, 0.4) is 0 Å². The molecule has 0 aromatic carbocycles. The third-order valence-corrected chi connectivity index (χ3v) is 3.57. The maximum atomic E-state index is 11.6. The predicted molar refractivity (Wildman–Crippen MR) is 46.4 cm³/mol. The standard InChI is InChI=1S/C8H9NO3S/c10-13(11)6-2-5-12-7-3-1-4-9-8(7)13/h1,3-4H,2,5-6H2. The fourth-order valence-corrected chi connectivity index (χ4v) is 2.59. The first-order valence-corrected chi connectivity index (χ1v) is 5.66. The Labute approximate surface area is 76.5 Å². The molecule has 1 aromatic rings. The first-order valence-electron chi connectivity index (χ1n) is 4.01. The van der Waals surface area contributed by atoms with Crippen molar-refractivity contribution in [3.63, 3.8) is 0 Å². The summed E-state index contributed by atoms with van der Waals surface area (Å²) in [6.07, 6.45) is 1.99. The third kappa shape index (κ3) is 1.51. The van der Waals surface area contributed by atoms with Gasteiger partial charge in [-0.3, -0.25) is 0 Å². The van der Waals surface area contributed by atoms with Crippen LogP contribution >= 0.6 is 0 Å². The van der Waals surface area contributed by atoms with Crippen molar-refractivity contribution in [2.75, 3.05) is 12.4 Å². The Hall–Kier alpha value is -1.10. The molecule has 0 atom stereocenters. The number of pyridine rings is 1. The first kappa shape index (κ1) is 8.50. The Kier molecular flexibility index (Phi) is 1.95. The van der Waals surface area contributed by atoms with E-state index in [0.717, 1.165) is 0 Å². The van der Waals surface area contributed by atoms with Gasteiger partial charge in [-0.05, 0) is 18.6 Å². The molecule has 1 aromatic heterocycles. The molecule has 0 saturated heterocycles. The summed E-state index contributed by atoms with van der Waals surface area (Å²) in [5.74, 6) is 0.497. The van der Waals surface area contributed by atoms with Crippen molar-refractivity contribution in [3.05, 3.63) is 18.3 Å². The quantitative estimate of drug-likeness (QED) is 0.615. The van der Waals surface area contributed by atoms with Crippen molar-refractivity contribution >= 4 is 9.84 Å². The topological polar surface area (TPSA) is 56.3 Å². The van der Waals surface area contributed by atoms with Gasteiger partial charge < -0.3 is 4.74 Å². The van der Waals surface area contributed by atoms with Crippen LogP contribution in [0.15, 0.2) is 23.4 Å². The van der Waals surface area contributed by atoms with Crippen LogP contribution in [0.1, 0.15) is 6.42 Å². The second kappa shape index (κ2) is 2.99. The molecule has 2 heterocycles. The molecule has 0 bridgehead atoms. The summed E-state index contributed by atoms with van der Waals surface area (Å²) in [5.41, 5.74) is 0. The number of hydrogen-bond donors (Lipinski definition) is 0. The average Bonchev–Trinajstić information content (AvgIpc) is 2.26. The van der Waals surface area contributed by atoms with Gasteiger partial charge in [0.05, 0.1) is 12.4 Å². The summed E-state index contributed by atoms with van der Waals surface area (Å²) < 4.78 is 28.3. The molecule has 0 radical (unpaired) electrons. The molecule has 5 heteroatoms. The zero-order valence-corrected chi connectivity index (χ0v) is 7.75. The number of ether oxygens (including phenoxy) is 1. The highest BCUT2D eigenvalue weighted by Gasteiger charge is 2.23. The van der Waals surface area contributed by atoms with E-state index in [1.807, 2.05) is 0 Å². The molecule has 0 spiro atoms. The Bertz CT molecular complexity index is 413. The summed E-state index contributed by atoms with van der Waals surface area (Å²) in [6, 6.07) is 3.30. The molecule has 1 aliphatic rings. The lowest BCUT2D eigenvalue weighted by Gasteiger charge is -2.03. The predicted octanol–water partition coefficient (Wildman–Crippen LogP) is 0.638. The molecule has 0 fully saturated rings. The fourth-order valence-electron chi connectivity index (χ4n) is 1.25. The maximum absolute atomic E-state index is 11.6. The van der Waals surface area contributed by atoms with Crippen molar-refractivity contribution in [2.45, 2.75) is 11.4 Å². The highest BCUT2D eigenvalue weighted by Crippen LogP contribution is 2.24. The van der Waals surface area contributed by atoms with Crippen molar-refractivity contribution < 1.29 is 13.2 Å². The molecule has 0 aliphatic carbocycles. The van der Waals surface area contributed by atoms with Gasteiger partial charge in [0.15, 0.2) is 20.6 Å². The minimum Gasteiger partial charge on any atom is -0.491 e. The maximum Gasteiger partial charge on any atom is 0.199 e. The molecular weight excluding hydrogens is 190 g/mol. The zero-order chi connectivity index (χ0) is 9.31. The van der Waals surface area contributed by atoms with Crippen LogP contribution in [0.25, 0.3) is 0 Å². The summed E-state index contributed by atoms with van der Waals surface area (Å²) >= 11 is 0. The minimum absolute atomic E-state index is 0.0764. The smallest absolute Gasteiger partial charge is 0.199 e. The van der Waals surface area contributed by atoms with Crippen molar-refractivity contribution in [3.8, 4) is 5.75 Å². The molecule has 0 saturated carbocycles. The summed E-state index contributed by atoms with van der Waals surface area (Å²) in [4.78, 5) is 3.82. The van der Waals surface area contributed by atoms with Crippen LogP contribution < -0.4 is 4.74 Å². The Balaban J connectivity index is 2.62. The second-order valence-corrected chi connectivity index (χ2v) is 4.85. The van der Waals surface area contributed by atoms with Crippen molar-refractivity contribution in [1.29, 1.82) is 0 Å². The molecule has 4 nitrogen and oxygen atoms in total. The second-order valence-electron chi connectivity index (χ2n) is 2.83. The fraction of sp³-hybridized carbons (Fsp3) is 0.375. The summed E-state index contributed by atoms with van der Waals surface area (Å²) in [6.45, 7) is 0.442. The van der Waals surface area contributed by atoms with Crippen molar-refractivity contribution in [1.82, 2.24) is 4.98 Å². The molecule has 70 valence electrons. The van der Waals surface area contributed by atoms with Crippen LogP contribution in [0.4, 0.5) is 0 Å². The number of fused-ring (bicyclic) bond motifs is 1. The lowest BCUT2D eigenvalue weighted by atomic mass is 10.4. The van der Waals surface area contributed by atoms with Crippen molar-refractivity contribution in [2.24, 2.45) is 0 Å². The number of hydrogen-bond acceptors (Lipinski definition) is 4.